The fourth-order valence-electron chi connectivity index (χ4n) is 9.30. The molecule has 0 spiro atoms. The molecule has 2 aromatic heterocycles. The molecular formula is C57H88BBrN10O8Si2. The molecule has 6 N–H and O–H groups in total. The van der Waals surface area contributed by atoms with Crippen LogP contribution in [0.25, 0.3) is 0 Å². The van der Waals surface area contributed by atoms with Gasteiger partial charge in [0, 0.05) is 41.5 Å². The van der Waals surface area contributed by atoms with Crippen LogP contribution in [0.1, 0.15) is 161 Å². The summed E-state index contributed by atoms with van der Waals surface area (Å²) in [6, 6.07) is 15.9. The molecule has 0 radical (unpaired) electrons. The number of halogens is 1. The first-order chi connectivity index (χ1) is 35.8. The van der Waals surface area contributed by atoms with Crippen LogP contribution in [0.5, 0.6) is 0 Å². The molecule has 79 heavy (non-hydrogen) atoms. The summed E-state index contributed by atoms with van der Waals surface area (Å²) >= 11 is 3.69. The van der Waals surface area contributed by atoms with Crippen molar-refractivity contribution in [3.63, 3.8) is 0 Å². The number of anilines is 4. The zero-order chi connectivity index (χ0) is 58.4. The number of hydrogen-bond donors (Lipinski definition) is 4. The quantitative estimate of drug-likeness (QED) is 0.0809. The van der Waals surface area contributed by atoms with Crippen LogP contribution in [-0.4, -0.2) is 92.8 Å². The van der Waals surface area contributed by atoms with Gasteiger partial charge >= 0.3 is 7.12 Å². The number of nitrogens with one attached hydrogen (secondary N) is 2. The van der Waals surface area contributed by atoms with Crippen molar-refractivity contribution in [1.82, 2.24) is 19.6 Å². The van der Waals surface area contributed by atoms with Gasteiger partial charge in [-0.15, -0.1) is 0 Å². The van der Waals surface area contributed by atoms with E-state index in [0.29, 0.717) is 56.6 Å². The largest absolute Gasteiger partial charge is 0.495 e. The van der Waals surface area contributed by atoms with E-state index in [4.69, 9.17) is 39.1 Å². The highest BCUT2D eigenvalue weighted by molar-refractivity contribution is 9.10. The van der Waals surface area contributed by atoms with E-state index in [0.717, 1.165) is 26.7 Å². The van der Waals surface area contributed by atoms with Gasteiger partial charge in [0.15, 0.2) is 28.3 Å². The molecule has 3 saturated heterocycles. The molecule has 0 bridgehead atoms. The van der Waals surface area contributed by atoms with Gasteiger partial charge in [-0.05, 0) is 151 Å². The Bertz CT molecular complexity index is 2920. The molecule has 2 aromatic carbocycles. The fourth-order valence-corrected chi connectivity index (χ4v) is 13.4. The molecule has 4 aromatic rings. The summed E-state index contributed by atoms with van der Waals surface area (Å²) in [5.41, 5.74) is 13.9. The molecule has 7 rings (SSSR count). The van der Waals surface area contributed by atoms with Gasteiger partial charge in [0.2, 0.25) is 0 Å². The van der Waals surface area contributed by atoms with Gasteiger partial charge in [0.1, 0.15) is 11.1 Å². The molecular weight excluding hydrogens is 1100 g/mol. The van der Waals surface area contributed by atoms with Crippen LogP contribution < -0.4 is 27.6 Å². The Morgan fingerprint density at radius 3 is 1.46 bits per heavy atom. The maximum absolute atomic E-state index is 12.5. The molecule has 5 heterocycles. The molecule has 0 aliphatic carbocycles. The van der Waals surface area contributed by atoms with E-state index < -0.39 is 58.0 Å². The van der Waals surface area contributed by atoms with Crippen LogP contribution in [0.3, 0.4) is 0 Å². The van der Waals surface area contributed by atoms with E-state index in [9.17, 15) is 20.1 Å². The molecule has 18 nitrogen and oxygen atoms in total. The third-order valence-corrected chi connectivity index (χ3v) is 26.6. The van der Waals surface area contributed by atoms with Gasteiger partial charge in [-0.25, -0.2) is 0 Å². The van der Waals surface area contributed by atoms with Gasteiger partial charge < -0.3 is 49.7 Å². The second kappa shape index (κ2) is 23.9. The summed E-state index contributed by atoms with van der Waals surface area (Å²) in [4.78, 5) is 24.7. The Labute approximate surface area is 480 Å². The smallest absolute Gasteiger partial charge is 0.408 e. The lowest BCUT2D eigenvalue weighted by molar-refractivity contribution is 0.00578. The molecule has 432 valence electrons. The summed E-state index contributed by atoms with van der Waals surface area (Å²) in [6.07, 6.45) is 4.41. The van der Waals surface area contributed by atoms with E-state index in [-0.39, 0.29) is 52.5 Å². The summed E-state index contributed by atoms with van der Waals surface area (Å²) < 4.78 is 42.1. The Hall–Kier alpha value is -4.88. The third-order valence-electron chi connectivity index (χ3n) is 16.6. The van der Waals surface area contributed by atoms with Gasteiger partial charge in [-0.1, -0.05) is 71.0 Å². The minimum Gasteiger partial charge on any atom is -0.408 e. The molecule has 2 amide bonds. The highest BCUT2D eigenvalue weighted by Crippen LogP contribution is 2.46. The van der Waals surface area contributed by atoms with Crippen LogP contribution in [0, 0.1) is 34.5 Å². The first-order valence-electron chi connectivity index (χ1n) is 26.8. The molecule has 22 heteroatoms. The number of rotatable bonds is 15. The van der Waals surface area contributed by atoms with E-state index >= 15 is 0 Å². The van der Waals surface area contributed by atoms with Crippen molar-refractivity contribution in [2.45, 2.75) is 188 Å². The fraction of sp³-hybridized carbons (Fsp3) is 0.614. The third kappa shape index (κ3) is 14.4. The van der Waals surface area contributed by atoms with Crippen molar-refractivity contribution in [2.75, 3.05) is 37.1 Å². The van der Waals surface area contributed by atoms with Crippen molar-refractivity contribution in [3.05, 3.63) is 75.5 Å². The Morgan fingerprint density at radius 1 is 0.696 bits per heavy atom. The van der Waals surface area contributed by atoms with Crippen LogP contribution in [0.15, 0.2) is 53.3 Å². The molecule has 2 unspecified atom stereocenters. The maximum atomic E-state index is 12.5. The Kier molecular flexibility index (Phi) is 19.7. The number of primary amides is 2. The number of hydrogen-bond acceptors (Lipinski definition) is 14. The normalized spacial score (nSPS) is 20.7. The minimum absolute atomic E-state index is 0. The first kappa shape index (κ1) is 64.9. The van der Waals surface area contributed by atoms with Crippen LogP contribution >= 0.6 is 15.9 Å². The highest BCUT2D eigenvalue weighted by atomic mass is 79.9. The number of aromatic nitrogens is 4. The van der Waals surface area contributed by atoms with Gasteiger partial charge in [-0.2, -0.15) is 20.7 Å². The molecule has 0 saturated carbocycles. The summed E-state index contributed by atoms with van der Waals surface area (Å²) in [7, 11) is -4.84. The van der Waals surface area contributed by atoms with Crippen molar-refractivity contribution < 1.29 is 37.2 Å². The van der Waals surface area contributed by atoms with Crippen molar-refractivity contribution >= 4 is 80.0 Å². The number of carbonyl (C=O) groups excluding carboxylic acids is 2. The lowest BCUT2D eigenvalue weighted by Crippen LogP contribution is -2.49. The number of ether oxygens (including phenoxy) is 2. The van der Waals surface area contributed by atoms with E-state index in [1.54, 1.807) is 21.8 Å². The number of nitriles is 2. The van der Waals surface area contributed by atoms with Crippen molar-refractivity contribution in [3.8, 4) is 12.1 Å². The monoisotopic (exact) mass is 1190 g/mol. The number of nitrogens with two attached hydrogens (primary N) is 2. The zero-order valence-corrected chi connectivity index (χ0v) is 52.8. The van der Waals surface area contributed by atoms with E-state index in [1.807, 2.05) is 64.1 Å². The molecule has 3 aliphatic heterocycles. The standard InChI is InChI=1S/C31H48BN5O5Si.C25H36BrN5O3Si.CH4/c1-28(2,3)43(10,11)42-29(4,5)23-16-21(12-13-24(23)32-40-30(6,7)31(8,9)41-32)35-27-22(26(34)38)18-37(36-27)25-19-39-15-14-20(25)17-33;1-24(2,3)35(6,7)34-25(4,5)19-12-17(8-9-20(19)26)29-23-18(22(28)32)14-31(30-23)21-15-33-11-10-16(21)13-27;/h12-13,16,18,20,25H,14-15,19H2,1-11H3,(H2,34,38)(H,35,36);8-9,12,14,16,21H,10-11,15H2,1-7H3,(H2,28,32)(H,29,30);1H4/t20-,25?;16-,21?;/m11./s1. The molecule has 4 atom stereocenters. The minimum atomic E-state index is -2.20. The maximum Gasteiger partial charge on any atom is 0.495 e. The average molecular weight is 1190 g/mol. The number of carbonyl (C=O) groups is 2. The zero-order valence-electron chi connectivity index (χ0n) is 49.2. The topological polar surface area (TPSA) is 249 Å². The summed E-state index contributed by atoms with van der Waals surface area (Å²) in [6.45, 7) is 40.5. The SMILES string of the molecule is C.CC(C)(O[Si](C)(C)C(C)(C)C)c1cc(Nc2nn(C3COCC[C@@H]3C#N)cc2C(N)=O)ccc1B1OC(C)(C)C(C)(C)O1.CC(C)(O[Si](C)(C)C(C)(C)C)c1cc(Nc2nn(C3COCC[C@@H]3C#N)cc2C(N)=O)ccc1Br. The van der Waals surface area contributed by atoms with Crippen molar-refractivity contribution in [1.29, 1.82) is 10.5 Å². The molecule has 3 aliphatic rings. The van der Waals surface area contributed by atoms with Crippen molar-refractivity contribution in [2.24, 2.45) is 23.3 Å². The number of amides is 2. The van der Waals surface area contributed by atoms with Gasteiger partial charge in [0.25, 0.3) is 11.8 Å². The summed E-state index contributed by atoms with van der Waals surface area (Å²) in [5, 5.41) is 35.1. The van der Waals surface area contributed by atoms with Gasteiger partial charge in [-0.3, -0.25) is 19.0 Å². The lowest BCUT2D eigenvalue weighted by atomic mass is 9.72. The van der Waals surface area contributed by atoms with Crippen LogP contribution in [0.2, 0.25) is 36.3 Å². The van der Waals surface area contributed by atoms with Crippen LogP contribution in [-0.2, 0) is 38.8 Å². The second-order valence-electron chi connectivity index (χ2n) is 25.9. The second-order valence-corrected chi connectivity index (χ2v) is 36.2. The highest BCUT2D eigenvalue weighted by Gasteiger charge is 2.53. The van der Waals surface area contributed by atoms with E-state index in [2.05, 4.69) is 144 Å². The first-order valence-corrected chi connectivity index (χ1v) is 33.4. The summed E-state index contributed by atoms with van der Waals surface area (Å²) in [5.74, 6) is -1.08. The Morgan fingerprint density at radius 2 is 1.08 bits per heavy atom. The predicted octanol–water partition coefficient (Wildman–Crippen LogP) is 11.9. The lowest BCUT2D eigenvalue weighted by Gasteiger charge is -2.43. The van der Waals surface area contributed by atoms with Gasteiger partial charge in [0.05, 0.1) is 71.7 Å². The van der Waals surface area contributed by atoms with Crippen LogP contribution in [0.4, 0.5) is 23.0 Å². The predicted molar refractivity (Wildman–Crippen MR) is 321 cm³/mol. The number of nitrogens with zero attached hydrogens (tertiary/aromatic N) is 6. The Balaban J connectivity index is 0.000000293. The van der Waals surface area contributed by atoms with E-state index in [1.165, 1.54) is 0 Å². The average Bonchev–Trinajstić information content (AvgIpc) is 4.05. The molecule has 3 fully saturated rings. The number of benzene rings is 2.